The van der Waals surface area contributed by atoms with Gasteiger partial charge in [-0.2, -0.15) is 0 Å². The zero-order valence-electron chi connectivity index (χ0n) is 9.95. The lowest BCUT2D eigenvalue weighted by atomic mass is 10.1. The molecule has 0 aliphatic heterocycles. The second-order valence-corrected chi connectivity index (χ2v) is 4.20. The van der Waals surface area contributed by atoms with E-state index in [1.54, 1.807) is 12.1 Å². The molecule has 0 fully saturated rings. The third-order valence-electron chi connectivity index (χ3n) is 2.26. The number of thiocarbonyl (C=S) groups is 1. The Balaban J connectivity index is 2.73. The van der Waals surface area contributed by atoms with E-state index in [1.807, 2.05) is 13.0 Å². The molecule has 1 aromatic rings. The Bertz CT molecular complexity index is 433. The van der Waals surface area contributed by atoms with Gasteiger partial charge in [-0.1, -0.05) is 23.8 Å². The van der Waals surface area contributed by atoms with Crippen molar-refractivity contribution < 1.29 is 9.53 Å². The minimum absolute atomic E-state index is 0.179. The average Bonchev–Trinajstić information content (AvgIpc) is 2.28. The van der Waals surface area contributed by atoms with Gasteiger partial charge in [0.05, 0.1) is 17.7 Å². The Kier molecular flexibility index (Phi) is 4.90. The number of carbonyl (C=O) groups is 1. The molecule has 0 aromatic heterocycles. The van der Waals surface area contributed by atoms with Crippen LogP contribution in [0.15, 0.2) is 18.2 Å². The number of nitrogens with two attached hydrogens (primary N) is 1. The molecule has 0 atom stereocenters. The molecular weight excluding hydrogens is 236 g/mol. The van der Waals surface area contributed by atoms with Crippen molar-refractivity contribution in [2.24, 2.45) is 5.73 Å². The van der Waals surface area contributed by atoms with Gasteiger partial charge in [0.15, 0.2) is 0 Å². The van der Waals surface area contributed by atoms with Crippen LogP contribution in [0.3, 0.4) is 0 Å². The van der Waals surface area contributed by atoms with Crippen molar-refractivity contribution >= 4 is 23.1 Å². The molecule has 0 heterocycles. The zero-order valence-corrected chi connectivity index (χ0v) is 10.8. The van der Waals surface area contributed by atoms with Gasteiger partial charge in [0, 0.05) is 13.0 Å². The number of nitrogens with one attached hydrogen (secondary N) is 1. The number of hydrogen-bond acceptors (Lipinski definition) is 3. The highest BCUT2D eigenvalue weighted by molar-refractivity contribution is 7.80. The van der Waals surface area contributed by atoms with E-state index in [0.29, 0.717) is 29.3 Å². The molecule has 4 nitrogen and oxygen atoms in total. The summed E-state index contributed by atoms with van der Waals surface area (Å²) in [5.41, 5.74) is 6.88. The van der Waals surface area contributed by atoms with Crippen LogP contribution in [0.5, 0.6) is 5.75 Å². The maximum absolute atomic E-state index is 11.9. The van der Waals surface area contributed by atoms with Gasteiger partial charge in [-0.25, -0.2) is 0 Å². The van der Waals surface area contributed by atoms with Crippen LogP contribution in [-0.4, -0.2) is 24.6 Å². The minimum Gasteiger partial charge on any atom is -0.496 e. The van der Waals surface area contributed by atoms with Crippen LogP contribution in [-0.2, 0) is 0 Å². The lowest BCUT2D eigenvalue weighted by molar-refractivity contribution is 0.0951. The highest BCUT2D eigenvalue weighted by Crippen LogP contribution is 2.19. The van der Waals surface area contributed by atoms with Gasteiger partial charge in [0.2, 0.25) is 0 Å². The molecule has 1 rings (SSSR count). The Morgan fingerprint density at radius 3 is 2.82 bits per heavy atom. The highest BCUT2D eigenvalue weighted by atomic mass is 32.1. The predicted molar refractivity (Wildman–Crippen MR) is 71.5 cm³/mol. The summed E-state index contributed by atoms with van der Waals surface area (Å²) in [7, 11) is 1.54. The van der Waals surface area contributed by atoms with E-state index < -0.39 is 0 Å². The molecule has 17 heavy (non-hydrogen) atoms. The number of amides is 1. The molecule has 0 unspecified atom stereocenters. The third-order valence-corrected chi connectivity index (χ3v) is 2.46. The first-order valence-corrected chi connectivity index (χ1v) is 5.66. The fourth-order valence-electron chi connectivity index (χ4n) is 1.39. The van der Waals surface area contributed by atoms with E-state index in [2.05, 4.69) is 5.32 Å². The molecule has 92 valence electrons. The number of rotatable bonds is 5. The van der Waals surface area contributed by atoms with Crippen molar-refractivity contribution in [2.45, 2.75) is 13.3 Å². The maximum atomic E-state index is 11.9. The van der Waals surface area contributed by atoms with Crippen LogP contribution in [0.4, 0.5) is 0 Å². The van der Waals surface area contributed by atoms with Gasteiger partial charge < -0.3 is 15.8 Å². The van der Waals surface area contributed by atoms with Crippen molar-refractivity contribution in [2.75, 3.05) is 13.7 Å². The summed E-state index contributed by atoms with van der Waals surface area (Å²) in [5, 5.41) is 2.75. The molecule has 3 N–H and O–H groups in total. The summed E-state index contributed by atoms with van der Waals surface area (Å²) in [6.45, 7) is 2.36. The first kappa shape index (κ1) is 13.4. The van der Waals surface area contributed by atoms with Gasteiger partial charge in [0.25, 0.3) is 5.91 Å². The maximum Gasteiger partial charge on any atom is 0.255 e. The summed E-state index contributed by atoms with van der Waals surface area (Å²) in [4.78, 5) is 12.3. The Morgan fingerprint density at radius 2 is 2.24 bits per heavy atom. The lowest BCUT2D eigenvalue weighted by Gasteiger charge is -2.09. The minimum atomic E-state index is -0.179. The molecule has 0 saturated heterocycles. The van der Waals surface area contributed by atoms with Gasteiger partial charge in [-0.05, 0) is 19.1 Å². The van der Waals surface area contributed by atoms with Gasteiger partial charge in [-0.3, -0.25) is 4.79 Å². The molecule has 5 heteroatoms. The number of methoxy groups -OCH3 is 1. The SMILES string of the molecule is COc1ccc(C)cc1C(=O)NCCC(N)=S. The topological polar surface area (TPSA) is 64.3 Å². The Hall–Kier alpha value is -1.62. The smallest absolute Gasteiger partial charge is 0.255 e. The predicted octanol–water partition coefficient (Wildman–Crippen LogP) is 1.41. The molecule has 1 aromatic carbocycles. The molecule has 0 aliphatic rings. The van der Waals surface area contributed by atoms with E-state index in [1.165, 1.54) is 7.11 Å². The average molecular weight is 252 g/mol. The van der Waals surface area contributed by atoms with E-state index in [4.69, 9.17) is 22.7 Å². The number of ether oxygens (including phenoxy) is 1. The van der Waals surface area contributed by atoms with Crippen molar-refractivity contribution in [1.82, 2.24) is 5.32 Å². The van der Waals surface area contributed by atoms with Gasteiger partial charge >= 0.3 is 0 Å². The first-order chi connectivity index (χ1) is 8.04. The van der Waals surface area contributed by atoms with Crippen LogP contribution in [0, 0.1) is 6.92 Å². The van der Waals surface area contributed by atoms with Crippen LogP contribution in [0.25, 0.3) is 0 Å². The lowest BCUT2D eigenvalue weighted by Crippen LogP contribution is -2.27. The standard InChI is InChI=1S/C12H16N2O2S/c1-8-3-4-10(16-2)9(7-8)12(15)14-6-5-11(13)17/h3-4,7H,5-6H2,1-2H3,(H2,13,17)(H,14,15). The van der Waals surface area contributed by atoms with Crippen molar-refractivity contribution in [3.05, 3.63) is 29.3 Å². The summed E-state index contributed by atoms with van der Waals surface area (Å²) in [6, 6.07) is 5.46. The molecule has 0 aliphatic carbocycles. The largest absolute Gasteiger partial charge is 0.496 e. The first-order valence-electron chi connectivity index (χ1n) is 5.25. The molecule has 0 saturated carbocycles. The van der Waals surface area contributed by atoms with Crippen LogP contribution >= 0.6 is 12.2 Å². The van der Waals surface area contributed by atoms with Crippen LogP contribution in [0.2, 0.25) is 0 Å². The Morgan fingerprint density at radius 1 is 1.53 bits per heavy atom. The van der Waals surface area contributed by atoms with E-state index >= 15 is 0 Å². The normalized spacial score (nSPS) is 9.76. The Labute approximate surface area is 106 Å². The molecular formula is C12H16N2O2S. The van der Waals surface area contributed by atoms with Gasteiger partial charge in [-0.15, -0.1) is 0 Å². The monoisotopic (exact) mass is 252 g/mol. The molecule has 0 bridgehead atoms. The second kappa shape index (κ2) is 6.20. The number of hydrogen-bond donors (Lipinski definition) is 2. The van der Waals surface area contributed by atoms with Crippen molar-refractivity contribution in [1.29, 1.82) is 0 Å². The van der Waals surface area contributed by atoms with E-state index in [9.17, 15) is 4.79 Å². The van der Waals surface area contributed by atoms with Crippen LogP contribution in [0.1, 0.15) is 22.3 Å². The fraction of sp³-hybridized carbons (Fsp3) is 0.333. The highest BCUT2D eigenvalue weighted by Gasteiger charge is 2.11. The third kappa shape index (κ3) is 4.03. The number of benzene rings is 1. The van der Waals surface area contributed by atoms with Gasteiger partial charge in [0.1, 0.15) is 5.75 Å². The number of aryl methyl sites for hydroxylation is 1. The quantitative estimate of drug-likeness (QED) is 0.778. The second-order valence-electron chi connectivity index (χ2n) is 3.68. The van der Waals surface area contributed by atoms with Crippen molar-refractivity contribution in [3.63, 3.8) is 0 Å². The summed E-state index contributed by atoms with van der Waals surface area (Å²) in [5.74, 6) is 0.380. The van der Waals surface area contributed by atoms with Crippen LogP contribution < -0.4 is 15.8 Å². The summed E-state index contributed by atoms with van der Waals surface area (Å²) >= 11 is 4.74. The molecule has 1 amide bonds. The summed E-state index contributed by atoms with van der Waals surface area (Å²) < 4.78 is 5.14. The molecule has 0 radical (unpaired) electrons. The number of carbonyl (C=O) groups excluding carboxylic acids is 1. The zero-order chi connectivity index (χ0) is 12.8. The van der Waals surface area contributed by atoms with E-state index in [0.717, 1.165) is 5.56 Å². The van der Waals surface area contributed by atoms with Crippen molar-refractivity contribution in [3.8, 4) is 5.75 Å². The fourth-order valence-corrected chi connectivity index (χ4v) is 1.50. The molecule has 0 spiro atoms. The van der Waals surface area contributed by atoms with E-state index in [-0.39, 0.29) is 5.91 Å². The summed E-state index contributed by atoms with van der Waals surface area (Å²) in [6.07, 6.45) is 0.495.